The van der Waals surface area contributed by atoms with Gasteiger partial charge in [-0.25, -0.2) is 0 Å². The van der Waals surface area contributed by atoms with Gasteiger partial charge in [-0.05, 0) is 23.8 Å². The number of carboxylic acid groups (broad SMARTS) is 1. The highest BCUT2D eigenvalue weighted by molar-refractivity contribution is 6.45. The average Bonchev–Trinajstić information content (AvgIpc) is 3.02. The lowest BCUT2D eigenvalue weighted by Crippen LogP contribution is -2.49. The Balaban J connectivity index is 1.91. The van der Waals surface area contributed by atoms with Crippen molar-refractivity contribution in [1.29, 1.82) is 0 Å². The van der Waals surface area contributed by atoms with Gasteiger partial charge in [-0.3, -0.25) is 9.59 Å². The third-order valence-electron chi connectivity index (χ3n) is 4.68. The first-order valence-corrected chi connectivity index (χ1v) is 9.32. The van der Waals surface area contributed by atoms with Gasteiger partial charge in [0.25, 0.3) is 5.91 Å². The average molecular weight is 437 g/mol. The number of fused-ring (bicyclic) bond motifs is 1. The molecule has 29 heavy (non-hydrogen) atoms. The number of benzene rings is 2. The van der Waals surface area contributed by atoms with Crippen molar-refractivity contribution in [3.05, 3.63) is 69.3 Å². The van der Waals surface area contributed by atoms with Crippen LogP contribution in [0.1, 0.15) is 21.6 Å². The molecule has 9 heteroatoms. The first-order chi connectivity index (χ1) is 13.7. The Morgan fingerprint density at radius 1 is 1.14 bits per heavy atom. The lowest BCUT2D eigenvalue weighted by molar-refractivity contribution is -0.136. The third-order valence-corrected chi connectivity index (χ3v) is 5.50. The Labute approximate surface area is 176 Å². The van der Waals surface area contributed by atoms with Gasteiger partial charge in [0.15, 0.2) is 5.72 Å². The smallest absolute Gasteiger partial charge is 0.307 e. The number of aromatic nitrogens is 1. The van der Waals surface area contributed by atoms with Gasteiger partial charge in [-0.15, -0.1) is 0 Å². The van der Waals surface area contributed by atoms with E-state index in [-0.39, 0.29) is 17.7 Å². The number of hydrogen-bond donors (Lipinski definition) is 4. The van der Waals surface area contributed by atoms with Gasteiger partial charge in [-0.1, -0.05) is 47.5 Å². The van der Waals surface area contributed by atoms with Crippen LogP contribution >= 0.6 is 23.2 Å². The van der Waals surface area contributed by atoms with Gasteiger partial charge in [0.05, 0.1) is 23.1 Å². The van der Waals surface area contributed by atoms with E-state index in [2.05, 4.69) is 5.32 Å². The molecule has 1 heterocycles. The van der Waals surface area contributed by atoms with Crippen LogP contribution in [0, 0.1) is 0 Å². The number of rotatable bonds is 6. The van der Waals surface area contributed by atoms with Gasteiger partial charge in [0.2, 0.25) is 0 Å². The first kappa shape index (κ1) is 21.1. The molecular formula is C20H18Cl2N2O5. The Hall–Kier alpha value is -2.58. The molecule has 0 unspecified atom stereocenters. The van der Waals surface area contributed by atoms with E-state index >= 15 is 0 Å². The fourth-order valence-electron chi connectivity index (χ4n) is 3.09. The zero-order chi connectivity index (χ0) is 21.3. The van der Waals surface area contributed by atoms with E-state index in [9.17, 15) is 19.8 Å². The standard InChI is InChI=1S/C20H18Cl2N2O5/c1-24-15-7-6-14(21)18(22)13(15)9-16(24)19(28)23-20(29,10-25)12-4-2-11(3-5-12)8-17(26)27/h2-7,9,25,29H,8,10H2,1H3,(H,23,28)(H,26,27)/t20-/m1/s1. The molecule has 0 aliphatic carbocycles. The molecule has 0 bridgehead atoms. The fourth-order valence-corrected chi connectivity index (χ4v) is 3.47. The van der Waals surface area contributed by atoms with Crippen molar-refractivity contribution < 1.29 is 24.9 Å². The third kappa shape index (κ3) is 4.09. The predicted octanol–water partition coefficient (Wildman–Crippen LogP) is 2.68. The van der Waals surface area contributed by atoms with Crippen molar-refractivity contribution in [2.45, 2.75) is 12.1 Å². The molecule has 0 spiro atoms. The molecule has 1 atom stereocenters. The number of nitrogens with one attached hydrogen (secondary N) is 1. The second kappa shape index (κ2) is 8.04. The minimum Gasteiger partial charge on any atom is -0.481 e. The Bertz CT molecular complexity index is 1090. The molecule has 0 radical (unpaired) electrons. The van der Waals surface area contributed by atoms with Crippen LogP contribution in [-0.4, -0.2) is 38.4 Å². The summed E-state index contributed by atoms with van der Waals surface area (Å²) in [4.78, 5) is 23.6. The van der Waals surface area contributed by atoms with Gasteiger partial charge in [0, 0.05) is 23.5 Å². The van der Waals surface area contributed by atoms with Crippen LogP contribution < -0.4 is 5.32 Å². The summed E-state index contributed by atoms with van der Waals surface area (Å²) in [6.45, 7) is -0.784. The maximum absolute atomic E-state index is 12.8. The van der Waals surface area contributed by atoms with Crippen LogP contribution in [0.4, 0.5) is 0 Å². The number of aryl methyl sites for hydroxylation is 1. The summed E-state index contributed by atoms with van der Waals surface area (Å²) in [5.74, 6) is -1.62. The molecule has 1 aromatic heterocycles. The molecule has 3 rings (SSSR count). The zero-order valence-electron chi connectivity index (χ0n) is 15.3. The fraction of sp³-hybridized carbons (Fsp3) is 0.200. The van der Waals surface area contributed by atoms with Crippen LogP contribution in [0.25, 0.3) is 10.9 Å². The molecule has 152 valence electrons. The Kier molecular flexibility index (Phi) is 5.86. The Morgan fingerprint density at radius 2 is 1.79 bits per heavy atom. The number of hydrogen-bond acceptors (Lipinski definition) is 4. The summed E-state index contributed by atoms with van der Waals surface area (Å²) in [5, 5.41) is 33.1. The van der Waals surface area contributed by atoms with Crippen LogP contribution in [0.2, 0.25) is 10.0 Å². The second-order valence-electron chi connectivity index (χ2n) is 6.62. The highest BCUT2D eigenvalue weighted by Gasteiger charge is 2.32. The van der Waals surface area contributed by atoms with Crippen molar-refractivity contribution in [1.82, 2.24) is 9.88 Å². The minimum atomic E-state index is -2.06. The van der Waals surface area contributed by atoms with E-state index in [1.807, 2.05) is 0 Å². The largest absolute Gasteiger partial charge is 0.481 e. The molecule has 4 N–H and O–H groups in total. The predicted molar refractivity (Wildman–Crippen MR) is 109 cm³/mol. The molecular weight excluding hydrogens is 419 g/mol. The van der Waals surface area contributed by atoms with E-state index in [4.69, 9.17) is 28.3 Å². The molecule has 2 aromatic carbocycles. The lowest BCUT2D eigenvalue weighted by atomic mass is 10.0. The molecule has 1 amide bonds. The topological polar surface area (TPSA) is 112 Å². The number of aliphatic hydroxyl groups excluding tert-OH is 1. The summed E-state index contributed by atoms with van der Waals surface area (Å²) >= 11 is 12.2. The monoisotopic (exact) mass is 436 g/mol. The minimum absolute atomic E-state index is 0.177. The number of carboxylic acids is 1. The number of aliphatic hydroxyl groups is 2. The maximum Gasteiger partial charge on any atom is 0.307 e. The van der Waals surface area contributed by atoms with E-state index in [1.165, 1.54) is 24.3 Å². The second-order valence-corrected chi connectivity index (χ2v) is 7.41. The van der Waals surface area contributed by atoms with Crippen LogP contribution in [0.5, 0.6) is 0 Å². The van der Waals surface area contributed by atoms with Gasteiger partial charge in [-0.2, -0.15) is 0 Å². The molecule has 0 aliphatic rings. The van der Waals surface area contributed by atoms with Crippen LogP contribution in [-0.2, 0) is 24.0 Å². The van der Waals surface area contributed by atoms with Crippen molar-refractivity contribution in [2.75, 3.05) is 6.61 Å². The normalized spacial score (nSPS) is 13.3. The van der Waals surface area contributed by atoms with E-state index in [0.717, 1.165) is 0 Å². The van der Waals surface area contributed by atoms with E-state index in [1.54, 1.807) is 29.8 Å². The first-order valence-electron chi connectivity index (χ1n) is 8.56. The molecule has 0 fully saturated rings. The van der Waals surface area contributed by atoms with Gasteiger partial charge < -0.3 is 25.2 Å². The lowest BCUT2D eigenvalue weighted by Gasteiger charge is -2.28. The molecule has 0 aliphatic heterocycles. The van der Waals surface area contributed by atoms with E-state index < -0.39 is 24.2 Å². The summed E-state index contributed by atoms with van der Waals surface area (Å²) in [6.07, 6.45) is -0.177. The molecule has 0 saturated heterocycles. The van der Waals surface area contributed by atoms with Gasteiger partial charge >= 0.3 is 5.97 Å². The number of nitrogens with zero attached hydrogens (tertiary/aromatic N) is 1. The van der Waals surface area contributed by atoms with Gasteiger partial charge in [0.1, 0.15) is 5.69 Å². The highest BCUT2D eigenvalue weighted by Crippen LogP contribution is 2.32. The van der Waals surface area contributed by atoms with Crippen LogP contribution in [0.3, 0.4) is 0 Å². The number of halogens is 2. The van der Waals surface area contributed by atoms with Crippen molar-refractivity contribution in [3.8, 4) is 0 Å². The summed E-state index contributed by atoms with van der Waals surface area (Å²) in [5.41, 5.74) is -0.444. The molecule has 0 saturated carbocycles. The number of amides is 1. The molecule has 7 nitrogen and oxygen atoms in total. The zero-order valence-corrected chi connectivity index (χ0v) is 16.8. The number of aliphatic carboxylic acids is 1. The number of carbonyl (C=O) groups excluding carboxylic acids is 1. The van der Waals surface area contributed by atoms with Crippen LogP contribution in [0.15, 0.2) is 42.5 Å². The maximum atomic E-state index is 12.8. The summed E-state index contributed by atoms with van der Waals surface area (Å²) in [7, 11) is 1.67. The van der Waals surface area contributed by atoms with Crippen molar-refractivity contribution in [3.63, 3.8) is 0 Å². The van der Waals surface area contributed by atoms with Crippen molar-refractivity contribution in [2.24, 2.45) is 7.05 Å². The summed E-state index contributed by atoms with van der Waals surface area (Å²) in [6, 6.07) is 10.8. The van der Waals surface area contributed by atoms with E-state index in [0.29, 0.717) is 26.5 Å². The summed E-state index contributed by atoms with van der Waals surface area (Å²) < 4.78 is 1.60. The van der Waals surface area contributed by atoms with Crippen molar-refractivity contribution >= 4 is 46.0 Å². The SMILES string of the molecule is Cn1c(C(=O)N[C@@](O)(CO)c2ccc(CC(=O)O)cc2)cc2c(Cl)c(Cl)ccc21. The number of carbonyl (C=O) groups is 2. The Morgan fingerprint density at radius 3 is 2.38 bits per heavy atom. The highest BCUT2D eigenvalue weighted by atomic mass is 35.5. The molecule has 3 aromatic rings. The quantitative estimate of drug-likeness (QED) is 0.443.